The van der Waals surface area contributed by atoms with Gasteiger partial charge in [0.15, 0.2) is 18.9 Å². The molecule has 3 saturated carbocycles. The quantitative estimate of drug-likeness (QED) is 0.146. The van der Waals surface area contributed by atoms with E-state index in [1.807, 2.05) is 20.8 Å². The van der Waals surface area contributed by atoms with Crippen LogP contribution in [0.1, 0.15) is 99.3 Å². The van der Waals surface area contributed by atoms with Gasteiger partial charge in [0.25, 0.3) is 0 Å². The van der Waals surface area contributed by atoms with Crippen molar-refractivity contribution in [2.75, 3.05) is 21.3 Å². The lowest BCUT2D eigenvalue weighted by Crippen LogP contribution is -2.61. The van der Waals surface area contributed by atoms with Gasteiger partial charge < -0.3 is 62.7 Å². The first-order valence-electron chi connectivity index (χ1n) is 22.2. The smallest absolute Gasteiger partial charge is 0.333 e. The molecule has 3 saturated heterocycles. The number of allylic oxidation sites excluding steroid dienone is 2. The first-order valence-corrected chi connectivity index (χ1v) is 22.2. The molecule has 7 rings (SSSR count). The van der Waals surface area contributed by atoms with Crippen molar-refractivity contribution in [2.24, 2.45) is 29.6 Å². The maximum atomic E-state index is 13.1. The lowest BCUT2D eigenvalue weighted by atomic mass is 9.53. The average Bonchev–Trinajstić information content (AvgIpc) is 3.60. The minimum Gasteiger partial charge on any atom is -0.459 e. The van der Waals surface area contributed by atoms with Crippen molar-refractivity contribution in [3.8, 4) is 0 Å². The van der Waals surface area contributed by atoms with Crippen LogP contribution in [0.25, 0.3) is 0 Å². The van der Waals surface area contributed by atoms with E-state index in [1.165, 1.54) is 12.7 Å². The van der Waals surface area contributed by atoms with Crippen molar-refractivity contribution in [1.82, 2.24) is 0 Å². The minimum absolute atomic E-state index is 0.00717. The number of hydrogen-bond donors (Lipinski definition) is 3. The summed E-state index contributed by atoms with van der Waals surface area (Å²) in [7, 11) is 4.68. The first kappa shape index (κ1) is 46.1. The van der Waals surface area contributed by atoms with Crippen LogP contribution < -0.4 is 0 Å². The molecule has 6 fully saturated rings. The van der Waals surface area contributed by atoms with Crippen LogP contribution in [0.15, 0.2) is 23.3 Å². The molecule has 15 heteroatoms. The molecule has 0 aromatic rings. The number of methoxy groups -OCH3 is 3. The van der Waals surface area contributed by atoms with Gasteiger partial charge in [-0.25, -0.2) is 4.79 Å². The van der Waals surface area contributed by atoms with Gasteiger partial charge >= 0.3 is 5.97 Å². The number of aliphatic hydroxyl groups is 3. The number of carbonyl (C=O) groups is 2. The molecule has 0 aromatic heterocycles. The lowest BCUT2D eigenvalue weighted by molar-refractivity contribution is -0.352. The Hall–Kier alpha value is -1.86. The Kier molecular flexibility index (Phi) is 14.7. The second-order valence-electron chi connectivity index (χ2n) is 18.5. The SMILES string of the molecule is C/C=C(\C)C(=O)O[C@@H]1C[C@@H]2[C@H]3CC[C@H](O[C@H]4C[C@H](OC)[C@H](O[C@H]5C[C@H](OC)[C@H](O[C@@H]6O[C@H](C)[C@@H](O)[C@H](OC)[C@H]6O)[C@@H](C)O5)[C@@H](C)O4)CC3=CC[C@@H]2[C@@]2(O)CC[C@H](C(C)=O)[C@@H]12. The van der Waals surface area contributed by atoms with Gasteiger partial charge in [0, 0.05) is 51.6 Å². The molecule has 0 spiro atoms. The van der Waals surface area contributed by atoms with Crippen molar-refractivity contribution in [3.63, 3.8) is 0 Å². The second-order valence-corrected chi connectivity index (χ2v) is 18.5. The summed E-state index contributed by atoms with van der Waals surface area (Å²) in [5, 5.41) is 33.7. The van der Waals surface area contributed by atoms with Gasteiger partial charge in [-0.15, -0.1) is 0 Å². The number of esters is 1. The summed E-state index contributed by atoms with van der Waals surface area (Å²) in [5.74, 6) is -0.651. The topological polar surface area (TPSA) is 187 Å². The molecular weight excluding hydrogens is 780 g/mol. The van der Waals surface area contributed by atoms with E-state index >= 15 is 0 Å². The van der Waals surface area contributed by atoms with Crippen LogP contribution >= 0.6 is 0 Å². The lowest BCUT2D eigenvalue weighted by Gasteiger charge is -2.55. The number of carbonyl (C=O) groups excluding carboxylic acids is 2. The van der Waals surface area contributed by atoms with Crippen LogP contribution in [0.5, 0.6) is 0 Å². The Morgan fingerprint density at radius 2 is 1.43 bits per heavy atom. The molecule has 0 amide bonds. The molecule has 0 aromatic carbocycles. The molecule has 0 radical (unpaired) electrons. The highest BCUT2D eigenvalue weighted by Crippen LogP contribution is 2.60. The molecule has 60 heavy (non-hydrogen) atoms. The van der Waals surface area contributed by atoms with Crippen LogP contribution in [0, 0.1) is 29.6 Å². The molecule has 7 aliphatic rings. The van der Waals surface area contributed by atoms with Crippen LogP contribution in [0.3, 0.4) is 0 Å². The molecule has 0 unspecified atom stereocenters. The number of ether oxygens (including phenoxy) is 10. The maximum absolute atomic E-state index is 13.1. The van der Waals surface area contributed by atoms with Crippen LogP contribution in [-0.4, -0.2) is 146 Å². The molecule has 3 N–H and O–H groups in total. The van der Waals surface area contributed by atoms with Crippen molar-refractivity contribution in [2.45, 2.75) is 197 Å². The van der Waals surface area contributed by atoms with Crippen molar-refractivity contribution in [1.29, 1.82) is 0 Å². The van der Waals surface area contributed by atoms with Gasteiger partial charge in [0.2, 0.25) is 0 Å². The fourth-order valence-electron chi connectivity index (χ4n) is 11.9. The summed E-state index contributed by atoms with van der Waals surface area (Å²) in [6, 6.07) is 0. The number of Topliss-reactive ketones (excluding diaryl/α,β-unsaturated/α-hetero) is 1. The van der Waals surface area contributed by atoms with Crippen molar-refractivity contribution in [3.05, 3.63) is 23.3 Å². The Balaban J connectivity index is 0.951. The van der Waals surface area contributed by atoms with Gasteiger partial charge in [-0.05, 0) is 104 Å². The number of aliphatic hydroxyl groups excluding tert-OH is 2. The van der Waals surface area contributed by atoms with Crippen molar-refractivity contribution < 1.29 is 72.3 Å². The summed E-state index contributed by atoms with van der Waals surface area (Å²) in [6.07, 6.45) is 0.586. The van der Waals surface area contributed by atoms with E-state index in [4.69, 9.17) is 47.4 Å². The number of fused-ring (bicyclic) bond motifs is 5. The van der Waals surface area contributed by atoms with E-state index in [1.54, 1.807) is 41.1 Å². The van der Waals surface area contributed by atoms with Crippen molar-refractivity contribution >= 4 is 11.8 Å². The van der Waals surface area contributed by atoms with E-state index in [2.05, 4.69) is 6.08 Å². The number of rotatable bonds is 12. The summed E-state index contributed by atoms with van der Waals surface area (Å²) in [5.41, 5.74) is 0.790. The van der Waals surface area contributed by atoms with Gasteiger partial charge in [0.1, 0.15) is 42.4 Å². The minimum atomic E-state index is -1.22. The zero-order chi connectivity index (χ0) is 43.2. The average molecular weight is 851 g/mol. The highest BCUT2D eigenvalue weighted by molar-refractivity contribution is 5.88. The maximum Gasteiger partial charge on any atom is 0.333 e. The monoisotopic (exact) mass is 850 g/mol. The Morgan fingerprint density at radius 1 is 0.783 bits per heavy atom. The van der Waals surface area contributed by atoms with Crippen LogP contribution in [-0.2, 0) is 57.0 Å². The molecule has 21 atom stereocenters. The molecule has 15 nitrogen and oxygen atoms in total. The Labute approximate surface area is 354 Å². The summed E-state index contributed by atoms with van der Waals surface area (Å²) in [4.78, 5) is 25.9. The fourth-order valence-corrected chi connectivity index (χ4v) is 11.9. The molecular formula is C45H70O15. The van der Waals surface area contributed by atoms with E-state index in [-0.39, 0.29) is 53.7 Å². The van der Waals surface area contributed by atoms with Crippen LogP contribution in [0.4, 0.5) is 0 Å². The van der Waals surface area contributed by atoms with Gasteiger partial charge in [-0.3, -0.25) is 4.79 Å². The fraction of sp³-hybridized carbons (Fsp3) is 0.867. The predicted molar refractivity (Wildman–Crippen MR) is 214 cm³/mol. The third-order valence-corrected chi connectivity index (χ3v) is 15.2. The van der Waals surface area contributed by atoms with Crippen LogP contribution in [0.2, 0.25) is 0 Å². The Bertz CT molecular complexity index is 1570. The third kappa shape index (κ3) is 8.94. The molecule has 3 heterocycles. The zero-order valence-corrected chi connectivity index (χ0v) is 36.8. The number of ketones is 1. The summed E-state index contributed by atoms with van der Waals surface area (Å²) in [6.45, 7) is 10.6. The molecule has 3 aliphatic heterocycles. The summed E-state index contributed by atoms with van der Waals surface area (Å²) >= 11 is 0. The van der Waals surface area contributed by atoms with E-state index in [0.29, 0.717) is 37.7 Å². The standard InChI is InChI=1S/C45H70O15/c1-10-21(2)43(49)58-32-18-30-29-13-12-27(17-26(29)11-14-31(30)45(50)16-15-28(22(3)46)37(32)45)57-35-19-33(51-7)40(24(5)54-35)59-36-20-34(52-8)41(25(6)55-36)60-44-39(48)42(53-9)38(47)23(4)56-44/h10-11,23-25,27-42,44,47-48,50H,12-20H2,1-9H3/b21-10+/t23-,24-,25-,27+,28-,29+,30-,31+,32-,33+,34+,35+,36+,37+,38-,39-,40-,41-,42+,44+,45+/m1/s1. The highest BCUT2D eigenvalue weighted by atomic mass is 16.8. The first-order chi connectivity index (χ1) is 28.6. The Morgan fingerprint density at radius 3 is 2.05 bits per heavy atom. The number of hydrogen-bond acceptors (Lipinski definition) is 15. The van der Waals surface area contributed by atoms with E-state index in [9.17, 15) is 24.9 Å². The predicted octanol–water partition coefficient (Wildman–Crippen LogP) is 3.91. The normalized spacial score (nSPS) is 48.3. The van der Waals surface area contributed by atoms with E-state index < -0.39 is 85.3 Å². The van der Waals surface area contributed by atoms with E-state index in [0.717, 1.165) is 25.7 Å². The van der Waals surface area contributed by atoms with Gasteiger partial charge in [-0.2, -0.15) is 0 Å². The molecule has 4 aliphatic carbocycles. The molecule has 0 bridgehead atoms. The molecule has 340 valence electrons. The highest BCUT2D eigenvalue weighted by Gasteiger charge is 2.63. The zero-order valence-electron chi connectivity index (χ0n) is 36.8. The van der Waals surface area contributed by atoms with Gasteiger partial charge in [0.05, 0.1) is 42.2 Å². The summed E-state index contributed by atoms with van der Waals surface area (Å²) < 4.78 is 61.5. The third-order valence-electron chi connectivity index (χ3n) is 15.2. The largest absolute Gasteiger partial charge is 0.459 e. The second kappa shape index (κ2) is 19.1. The van der Waals surface area contributed by atoms with Gasteiger partial charge in [-0.1, -0.05) is 17.7 Å².